The first-order valence-electron chi connectivity index (χ1n) is 6.90. The molecule has 2 aliphatic rings. The molecule has 2 fully saturated rings. The highest BCUT2D eigenvalue weighted by Crippen LogP contribution is 2.26. The molecule has 17 heavy (non-hydrogen) atoms. The predicted molar refractivity (Wildman–Crippen MR) is 70.1 cm³/mol. The Morgan fingerprint density at radius 2 is 1.82 bits per heavy atom. The van der Waals surface area contributed by atoms with E-state index in [9.17, 15) is 0 Å². The summed E-state index contributed by atoms with van der Waals surface area (Å²) >= 11 is 0. The highest BCUT2D eigenvalue weighted by molar-refractivity contribution is 4.89. The van der Waals surface area contributed by atoms with Crippen molar-refractivity contribution < 1.29 is 4.74 Å². The molecule has 2 aliphatic heterocycles. The Morgan fingerprint density at radius 1 is 1.18 bits per heavy atom. The largest absolute Gasteiger partial charge is 0.375 e. The van der Waals surface area contributed by atoms with Crippen molar-refractivity contribution in [3.05, 3.63) is 0 Å². The summed E-state index contributed by atoms with van der Waals surface area (Å²) in [6.45, 7) is 8.58. The van der Waals surface area contributed by atoms with E-state index in [4.69, 9.17) is 10.5 Å². The minimum Gasteiger partial charge on any atom is -0.375 e. The maximum Gasteiger partial charge on any atom is 0.0565 e. The molecule has 2 saturated heterocycles. The quantitative estimate of drug-likeness (QED) is 0.765. The summed E-state index contributed by atoms with van der Waals surface area (Å²) in [5.74, 6) is 0. The van der Waals surface area contributed by atoms with E-state index in [2.05, 4.69) is 30.7 Å². The molecule has 0 saturated carbocycles. The lowest BCUT2D eigenvalue weighted by atomic mass is 9.95. The minimum absolute atomic E-state index is 0.391. The van der Waals surface area contributed by atoms with Crippen molar-refractivity contribution in [2.24, 2.45) is 5.73 Å². The average molecular weight is 241 g/mol. The number of nitrogens with two attached hydrogens (primary N) is 1. The van der Waals surface area contributed by atoms with Crippen LogP contribution in [0.15, 0.2) is 0 Å². The van der Waals surface area contributed by atoms with Crippen molar-refractivity contribution in [3.8, 4) is 0 Å². The lowest BCUT2D eigenvalue weighted by Gasteiger charge is -2.47. The summed E-state index contributed by atoms with van der Waals surface area (Å²) in [5, 5.41) is 0. The molecule has 0 amide bonds. The van der Waals surface area contributed by atoms with Gasteiger partial charge in [-0.15, -0.1) is 0 Å². The summed E-state index contributed by atoms with van der Waals surface area (Å²) in [6.07, 6.45) is 3.10. The molecule has 4 nitrogen and oxygen atoms in total. The second kappa shape index (κ2) is 5.65. The van der Waals surface area contributed by atoms with Crippen LogP contribution in [0.5, 0.6) is 0 Å². The summed E-state index contributed by atoms with van der Waals surface area (Å²) in [4.78, 5) is 5.02. The van der Waals surface area contributed by atoms with Crippen LogP contribution in [0.2, 0.25) is 0 Å². The molecule has 2 N–H and O–H groups in total. The number of ether oxygens (including phenoxy) is 1. The summed E-state index contributed by atoms with van der Waals surface area (Å²) in [5.41, 5.74) is 5.93. The molecule has 3 unspecified atom stereocenters. The van der Waals surface area contributed by atoms with Gasteiger partial charge in [0.05, 0.1) is 12.2 Å². The van der Waals surface area contributed by atoms with Gasteiger partial charge < -0.3 is 15.4 Å². The first-order chi connectivity index (χ1) is 8.10. The molecule has 0 aromatic rings. The second-order valence-corrected chi connectivity index (χ2v) is 5.77. The van der Waals surface area contributed by atoms with Crippen molar-refractivity contribution in [1.29, 1.82) is 0 Å². The Kier molecular flexibility index (Phi) is 4.42. The van der Waals surface area contributed by atoms with Gasteiger partial charge in [0.2, 0.25) is 0 Å². The molecule has 0 aromatic heterocycles. The smallest absolute Gasteiger partial charge is 0.0565 e. The molecule has 0 aliphatic carbocycles. The molecule has 0 radical (unpaired) electrons. The zero-order chi connectivity index (χ0) is 12.4. The SMILES string of the molecule is CC1CC(N2CCN(C)CC2CN)CC(C)O1. The standard InChI is InChI=1S/C13H27N3O/c1-10-6-12(7-11(2)17-10)16-5-4-15(3)9-13(16)8-14/h10-13H,4-9,14H2,1-3H3. The Labute approximate surface area is 105 Å². The summed E-state index contributed by atoms with van der Waals surface area (Å²) < 4.78 is 5.83. The predicted octanol–water partition coefficient (Wildman–Crippen LogP) is 0.517. The number of likely N-dealkylation sites (N-methyl/N-ethyl adjacent to an activating group) is 1. The molecule has 4 heteroatoms. The monoisotopic (exact) mass is 241 g/mol. The maximum atomic E-state index is 5.93. The highest BCUT2D eigenvalue weighted by atomic mass is 16.5. The molecule has 0 bridgehead atoms. The lowest BCUT2D eigenvalue weighted by molar-refractivity contribution is -0.0802. The van der Waals surface area contributed by atoms with Crippen LogP contribution in [0, 0.1) is 0 Å². The fourth-order valence-electron chi connectivity index (χ4n) is 3.36. The van der Waals surface area contributed by atoms with Crippen LogP contribution in [0.1, 0.15) is 26.7 Å². The van der Waals surface area contributed by atoms with Crippen molar-refractivity contribution in [1.82, 2.24) is 9.80 Å². The Hall–Kier alpha value is -0.160. The third-order valence-corrected chi connectivity index (χ3v) is 4.15. The van der Waals surface area contributed by atoms with Crippen LogP contribution in [-0.4, -0.2) is 67.3 Å². The minimum atomic E-state index is 0.391. The van der Waals surface area contributed by atoms with Gasteiger partial charge in [0.15, 0.2) is 0 Å². The van der Waals surface area contributed by atoms with Gasteiger partial charge in [0.25, 0.3) is 0 Å². The van der Waals surface area contributed by atoms with Crippen LogP contribution in [0.4, 0.5) is 0 Å². The van der Waals surface area contributed by atoms with Gasteiger partial charge in [0.1, 0.15) is 0 Å². The van der Waals surface area contributed by atoms with Gasteiger partial charge in [-0.25, -0.2) is 0 Å². The molecule has 0 aromatic carbocycles. The van der Waals surface area contributed by atoms with Gasteiger partial charge in [-0.3, -0.25) is 4.90 Å². The van der Waals surface area contributed by atoms with Gasteiger partial charge in [-0.05, 0) is 33.7 Å². The topological polar surface area (TPSA) is 41.7 Å². The number of nitrogens with zero attached hydrogens (tertiary/aromatic N) is 2. The second-order valence-electron chi connectivity index (χ2n) is 5.77. The van der Waals surface area contributed by atoms with Crippen LogP contribution in [0.25, 0.3) is 0 Å². The van der Waals surface area contributed by atoms with Crippen molar-refractivity contribution in [2.45, 2.75) is 51.0 Å². The molecular weight excluding hydrogens is 214 g/mol. The van der Waals surface area contributed by atoms with E-state index in [1.165, 1.54) is 0 Å². The first kappa shape index (κ1) is 13.3. The van der Waals surface area contributed by atoms with E-state index in [1.807, 2.05) is 0 Å². The Morgan fingerprint density at radius 3 is 2.41 bits per heavy atom. The van der Waals surface area contributed by atoms with Gasteiger partial charge in [0, 0.05) is 38.3 Å². The normalized spacial score (nSPS) is 41.6. The molecule has 3 atom stereocenters. The van der Waals surface area contributed by atoms with Crippen molar-refractivity contribution in [2.75, 3.05) is 33.2 Å². The number of hydrogen-bond donors (Lipinski definition) is 1. The zero-order valence-corrected chi connectivity index (χ0v) is 11.4. The maximum absolute atomic E-state index is 5.93. The van der Waals surface area contributed by atoms with E-state index in [0.29, 0.717) is 24.3 Å². The van der Waals surface area contributed by atoms with Gasteiger partial charge in [-0.2, -0.15) is 0 Å². The van der Waals surface area contributed by atoms with Crippen molar-refractivity contribution >= 4 is 0 Å². The fourth-order valence-corrected chi connectivity index (χ4v) is 3.36. The number of rotatable bonds is 2. The average Bonchev–Trinajstić information content (AvgIpc) is 2.27. The van der Waals surface area contributed by atoms with E-state index in [1.54, 1.807) is 0 Å². The first-order valence-corrected chi connectivity index (χ1v) is 6.90. The highest BCUT2D eigenvalue weighted by Gasteiger charge is 2.34. The Bertz CT molecular complexity index is 239. The van der Waals surface area contributed by atoms with Gasteiger partial charge in [-0.1, -0.05) is 0 Å². The molecule has 2 heterocycles. The molecule has 2 rings (SSSR count). The van der Waals surface area contributed by atoms with Crippen molar-refractivity contribution in [3.63, 3.8) is 0 Å². The number of piperazine rings is 1. The molecule has 100 valence electrons. The fraction of sp³-hybridized carbons (Fsp3) is 1.00. The number of hydrogen-bond acceptors (Lipinski definition) is 4. The molecule has 0 spiro atoms. The zero-order valence-electron chi connectivity index (χ0n) is 11.4. The Balaban J connectivity index is 1.99. The van der Waals surface area contributed by atoms with Gasteiger partial charge >= 0.3 is 0 Å². The van der Waals surface area contributed by atoms with Crippen LogP contribution < -0.4 is 5.73 Å². The van der Waals surface area contributed by atoms with Crippen LogP contribution >= 0.6 is 0 Å². The summed E-state index contributed by atoms with van der Waals surface area (Å²) in [6, 6.07) is 1.19. The van der Waals surface area contributed by atoms with E-state index in [-0.39, 0.29) is 0 Å². The van der Waals surface area contributed by atoms with E-state index >= 15 is 0 Å². The molecular formula is C13H27N3O. The van der Waals surface area contributed by atoms with E-state index in [0.717, 1.165) is 39.0 Å². The third kappa shape index (κ3) is 3.19. The van der Waals surface area contributed by atoms with Crippen LogP contribution in [-0.2, 0) is 4.74 Å². The summed E-state index contributed by atoms with van der Waals surface area (Å²) in [7, 11) is 2.19. The third-order valence-electron chi connectivity index (χ3n) is 4.15. The van der Waals surface area contributed by atoms with E-state index < -0.39 is 0 Å². The lowest BCUT2D eigenvalue weighted by Crippen LogP contribution is -2.59. The van der Waals surface area contributed by atoms with Crippen LogP contribution in [0.3, 0.4) is 0 Å².